The lowest BCUT2D eigenvalue weighted by atomic mass is 9.98. The molecule has 0 unspecified atom stereocenters. The maximum Gasteiger partial charge on any atom is 0.177 e. The van der Waals surface area contributed by atoms with Gasteiger partial charge in [-0.25, -0.2) is 0 Å². The van der Waals surface area contributed by atoms with Crippen molar-refractivity contribution in [2.45, 2.75) is 20.3 Å². The van der Waals surface area contributed by atoms with Crippen molar-refractivity contribution in [3.05, 3.63) is 55.7 Å². The first-order valence-corrected chi connectivity index (χ1v) is 7.07. The molecule has 0 atom stereocenters. The van der Waals surface area contributed by atoms with Crippen molar-refractivity contribution in [3.8, 4) is 0 Å². The Morgan fingerprint density at radius 3 is 2.47 bits per heavy atom. The van der Waals surface area contributed by atoms with Gasteiger partial charge in [-0.3, -0.25) is 4.79 Å². The van der Waals surface area contributed by atoms with Gasteiger partial charge in [0, 0.05) is 16.3 Å². The van der Waals surface area contributed by atoms with Gasteiger partial charge in [0.2, 0.25) is 0 Å². The van der Waals surface area contributed by atoms with Gasteiger partial charge in [-0.05, 0) is 52.5 Å². The Bertz CT molecular complexity index is 537. The van der Waals surface area contributed by atoms with Crippen LogP contribution in [0.4, 0.5) is 0 Å². The highest BCUT2D eigenvalue weighted by Crippen LogP contribution is 2.23. The van der Waals surface area contributed by atoms with Crippen LogP contribution in [0.5, 0.6) is 0 Å². The summed E-state index contributed by atoms with van der Waals surface area (Å²) in [6.45, 7) is 4.11. The summed E-state index contributed by atoms with van der Waals surface area (Å²) in [6, 6.07) is 8.03. The van der Waals surface area contributed by atoms with E-state index in [1.807, 2.05) is 17.5 Å². The average molecular weight is 309 g/mol. The van der Waals surface area contributed by atoms with Crippen LogP contribution in [0.25, 0.3) is 0 Å². The molecule has 88 valence electrons. The van der Waals surface area contributed by atoms with Crippen LogP contribution < -0.4 is 0 Å². The zero-order chi connectivity index (χ0) is 12.4. The summed E-state index contributed by atoms with van der Waals surface area (Å²) in [5, 5.41) is 1.94. The number of ketones is 1. The first-order chi connectivity index (χ1) is 8.08. The Labute approximate surface area is 114 Å². The van der Waals surface area contributed by atoms with Gasteiger partial charge in [0.15, 0.2) is 5.78 Å². The molecule has 1 aromatic carbocycles. The number of benzene rings is 1. The fraction of sp³-hybridized carbons (Fsp3) is 0.214. The van der Waals surface area contributed by atoms with Crippen molar-refractivity contribution < 1.29 is 4.79 Å². The number of hydrogen-bond donors (Lipinski definition) is 0. The Morgan fingerprint density at radius 2 is 1.94 bits per heavy atom. The molecule has 0 spiro atoms. The molecule has 0 aliphatic rings. The zero-order valence-electron chi connectivity index (χ0n) is 9.79. The standard InChI is InChI=1S/C14H13BrOS/c1-9-4-3-5-10(2)12(9)7-13(16)14-6-11(15)8-17-14/h3-6,8H,7H2,1-2H3. The average Bonchev–Trinajstić information content (AvgIpc) is 2.70. The van der Waals surface area contributed by atoms with E-state index < -0.39 is 0 Å². The van der Waals surface area contributed by atoms with E-state index in [-0.39, 0.29) is 5.78 Å². The van der Waals surface area contributed by atoms with Crippen molar-refractivity contribution in [2.75, 3.05) is 0 Å². The third kappa shape index (κ3) is 2.85. The van der Waals surface area contributed by atoms with Crippen LogP contribution in [0.15, 0.2) is 34.1 Å². The van der Waals surface area contributed by atoms with E-state index in [0.717, 1.165) is 14.9 Å². The van der Waals surface area contributed by atoms with Crippen LogP contribution in [-0.2, 0) is 6.42 Å². The Morgan fingerprint density at radius 1 is 1.29 bits per heavy atom. The molecular weight excluding hydrogens is 296 g/mol. The maximum absolute atomic E-state index is 12.1. The van der Waals surface area contributed by atoms with Crippen molar-refractivity contribution >= 4 is 33.0 Å². The van der Waals surface area contributed by atoms with Gasteiger partial charge in [0.25, 0.3) is 0 Å². The topological polar surface area (TPSA) is 17.1 Å². The number of halogens is 1. The summed E-state index contributed by atoms with van der Waals surface area (Å²) in [5.41, 5.74) is 3.53. The molecule has 2 rings (SSSR count). The summed E-state index contributed by atoms with van der Waals surface area (Å²) in [4.78, 5) is 12.9. The molecule has 0 radical (unpaired) electrons. The highest BCUT2D eigenvalue weighted by molar-refractivity contribution is 9.10. The Balaban J connectivity index is 2.24. The van der Waals surface area contributed by atoms with E-state index in [4.69, 9.17) is 0 Å². The minimum atomic E-state index is 0.193. The van der Waals surface area contributed by atoms with Gasteiger partial charge in [-0.2, -0.15) is 0 Å². The SMILES string of the molecule is Cc1cccc(C)c1CC(=O)c1cc(Br)cs1. The number of thiophene rings is 1. The first-order valence-electron chi connectivity index (χ1n) is 5.40. The largest absolute Gasteiger partial charge is 0.293 e. The quantitative estimate of drug-likeness (QED) is 0.760. The third-order valence-corrected chi connectivity index (χ3v) is 4.56. The molecule has 1 nitrogen and oxygen atoms in total. The molecule has 1 aromatic heterocycles. The minimum Gasteiger partial charge on any atom is -0.293 e. The van der Waals surface area contributed by atoms with Gasteiger partial charge in [-0.15, -0.1) is 11.3 Å². The van der Waals surface area contributed by atoms with Crippen LogP contribution in [0.1, 0.15) is 26.4 Å². The van der Waals surface area contributed by atoms with Crippen LogP contribution in [-0.4, -0.2) is 5.78 Å². The van der Waals surface area contributed by atoms with Crippen LogP contribution >= 0.6 is 27.3 Å². The third-order valence-electron chi connectivity index (χ3n) is 2.82. The zero-order valence-corrected chi connectivity index (χ0v) is 12.2. The molecule has 0 saturated heterocycles. The summed E-state index contributed by atoms with van der Waals surface area (Å²) in [7, 11) is 0. The van der Waals surface area contributed by atoms with Crippen molar-refractivity contribution in [2.24, 2.45) is 0 Å². The van der Waals surface area contributed by atoms with Gasteiger partial charge in [0.1, 0.15) is 0 Å². The maximum atomic E-state index is 12.1. The van der Waals surface area contributed by atoms with Gasteiger partial charge in [-0.1, -0.05) is 18.2 Å². The first kappa shape index (κ1) is 12.5. The summed E-state index contributed by atoms with van der Waals surface area (Å²) < 4.78 is 0.979. The number of rotatable bonds is 3. The second-order valence-electron chi connectivity index (χ2n) is 4.10. The Hall–Kier alpha value is -0.930. The summed E-state index contributed by atoms with van der Waals surface area (Å²) in [5.74, 6) is 0.193. The van der Waals surface area contributed by atoms with Crippen molar-refractivity contribution in [1.29, 1.82) is 0 Å². The second kappa shape index (κ2) is 5.15. The molecule has 0 bridgehead atoms. The molecule has 1 heterocycles. The molecular formula is C14H13BrOS. The Kier molecular flexibility index (Phi) is 3.79. The molecule has 0 N–H and O–H groups in total. The number of Topliss-reactive ketones (excluding diaryl/α,β-unsaturated/α-hetero) is 1. The van der Waals surface area contributed by atoms with E-state index in [1.54, 1.807) is 0 Å². The fourth-order valence-electron chi connectivity index (χ4n) is 1.83. The molecule has 0 saturated carbocycles. The molecule has 3 heteroatoms. The lowest BCUT2D eigenvalue weighted by Gasteiger charge is -2.07. The monoisotopic (exact) mass is 308 g/mol. The fourth-order valence-corrected chi connectivity index (χ4v) is 3.20. The number of carbonyl (C=O) groups is 1. The van der Waals surface area contributed by atoms with E-state index in [9.17, 15) is 4.79 Å². The molecule has 0 aliphatic heterocycles. The molecule has 2 aromatic rings. The predicted octanol–water partition coefficient (Wildman–Crippen LogP) is 4.55. The number of aryl methyl sites for hydroxylation is 2. The molecule has 0 aliphatic carbocycles. The van der Waals surface area contributed by atoms with Crippen LogP contribution in [0, 0.1) is 13.8 Å². The van der Waals surface area contributed by atoms with E-state index in [0.29, 0.717) is 6.42 Å². The highest BCUT2D eigenvalue weighted by atomic mass is 79.9. The van der Waals surface area contributed by atoms with E-state index >= 15 is 0 Å². The van der Waals surface area contributed by atoms with Gasteiger partial charge < -0.3 is 0 Å². The van der Waals surface area contributed by atoms with Crippen LogP contribution in [0.2, 0.25) is 0 Å². The number of carbonyl (C=O) groups excluding carboxylic acids is 1. The smallest absolute Gasteiger partial charge is 0.177 e. The normalized spacial score (nSPS) is 10.5. The second-order valence-corrected chi connectivity index (χ2v) is 5.93. The number of hydrogen-bond acceptors (Lipinski definition) is 2. The molecule has 0 amide bonds. The van der Waals surface area contributed by atoms with E-state index in [1.165, 1.54) is 22.5 Å². The predicted molar refractivity (Wildman–Crippen MR) is 76.0 cm³/mol. The lowest BCUT2D eigenvalue weighted by molar-refractivity contribution is 0.0996. The van der Waals surface area contributed by atoms with Gasteiger partial charge >= 0.3 is 0 Å². The van der Waals surface area contributed by atoms with Crippen molar-refractivity contribution in [1.82, 2.24) is 0 Å². The van der Waals surface area contributed by atoms with Gasteiger partial charge in [0.05, 0.1) is 4.88 Å². The van der Waals surface area contributed by atoms with Crippen LogP contribution in [0.3, 0.4) is 0 Å². The molecule has 0 fully saturated rings. The highest BCUT2D eigenvalue weighted by Gasteiger charge is 2.12. The minimum absolute atomic E-state index is 0.193. The summed E-state index contributed by atoms with van der Waals surface area (Å²) >= 11 is 4.87. The summed E-state index contributed by atoms with van der Waals surface area (Å²) in [6.07, 6.45) is 0.492. The lowest BCUT2D eigenvalue weighted by Crippen LogP contribution is -2.04. The van der Waals surface area contributed by atoms with E-state index in [2.05, 4.69) is 41.9 Å². The molecule has 17 heavy (non-hydrogen) atoms. The van der Waals surface area contributed by atoms with Crippen molar-refractivity contribution in [3.63, 3.8) is 0 Å².